The molecule has 0 saturated carbocycles. The first-order valence-electron chi connectivity index (χ1n) is 5.86. The molecule has 0 aliphatic heterocycles. The van der Waals surface area contributed by atoms with Gasteiger partial charge in [0.15, 0.2) is 0 Å². The Labute approximate surface area is 119 Å². The molecule has 0 aliphatic rings. The van der Waals surface area contributed by atoms with Crippen LogP contribution in [0, 0.1) is 11.7 Å². The topological polar surface area (TPSA) is 66.4 Å². The van der Waals surface area contributed by atoms with Gasteiger partial charge in [0, 0.05) is 0 Å². The lowest BCUT2D eigenvalue weighted by Gasteiger charge is -2.20. The van der Waals surface area contributed by atoms with Gasteiger partial charge in [0.25, 0.3) is 5.91 Å². The molecule has 104 valence electrons. The average Bonchev–Trinajstić information content (AvgIpc) is 2.37. The Morgan fingerprint density at radius 2 is 2.11 bits per heavy atom. The number of carboxylic acids is 1. The van der Waals surface area contributed by atoms with Gasteiger partial charge in [-0.2, -0.15) is 0 Å². The van der Waals surface area contributed by atoms with Gasteiger partial charge in [-0.05, 0) is 34.0 Å². The normalized spacial score (nSPS) is 13.7. The van der Waals surface area contributed by atoms with Crippen LogP contribution in [0.2, 0.25) is 0 Å². The molecule has 1 aromatic rings. The number of rotatable bonds is 5. The molecule has 0 heterocycles. The van der Waals surface area contributed by atoms with Crippen LogP contribution in [0.3, 0.4) is 0 Å². The van der Waals surface area contributed by atoms with Crippen molar-refractivity contribution in [3.63, 3.8) is 0 Å². The predicted octanol–water partition coefficient (Wildman–Crippen LogP) is 2.82. The second-order valence-corrected chi connectivity index (χ2v) is 5.07. The Balaban J connectivity index is 2.94. The summed E-state index contributed by atoms with van der Waals surface area (Å²) in [5.74, 6) is -2.49. The molecule has 0 unspecified atom stereocenters. The number of halogens is 2. The Hall–Kier alpha value is -1.43. The summed E-state index contributed by atoms with van der Waals surface area (Å²) in [4.78, 5) is 23.1. The fourth-order valence-electron chi connectivity index (χ4n) is 1.58. The third kappa shape index (κ3) is 3.76. The Bertz CT molecular complexity index is 493. The van der Waals surface area contributed by atoms with Crippen LogP contribution in [-0.2, 0) is 4.79 Å². The Kier molecular flexibility index (Phi) is 5.47. The molecule has 1 rings (SSSR count). The number of carbonyl (C=O) groups is 2. The van der Waals surface area contributed by atoms with Gasteiger partial charge >= 0.3 is 5.97 Å². The van der Waals surface area contributed by atoms with Crippen LogP contribution in [0.1, 0.15) is 30.6 Å². The maximum atomic E-state index is 13.3. The number of aliphatic carboxylic acids is 1. The van der Waals surface area contributed by atoms with E-state index in [-0.39, 0.29) is 16.0 Å². The van der Waals surface area contributed by atoms with E-state index in [9.17, 15) is 14.0 Å². The lowest BCUT2D eigenvalue weighted by atomic mass is 9.99. The molecular weight excluding hydrogens is 317 g/mol. The highest BCUT2D eigenvalue weighted by Crippen LogP contribution is 2.20. The van der Waals surface area contributed by atoms with Gasteiger partial charge in [-0.3, -0.25) is 4.79 Å². The molecule has 0 fully saturated rings. The molecule has 0 aromatic heterocycles. The highest BCUT2D eigenvalue weighted by atomic mass is 79.9. The van der Waals surface area contributed by atoms with E-state index in [0.29, 0.717) is 6.42 Å². The fourth-order valence-corrected chi connectivity index (χ4v) is 2.03. The molecule has 2 N–H and O–H groups in total. The van der Waals surface area contributed by atoms with Crippen LogP contribution < -0.4 is 5.32 Å². The molecule has 0 bridgehead atoms. The summed E-state index contributed by atoms with van der Waals surface area (Å²) in [5, 5.41) is 11.5. The number of benzene rings is 1. The lowest BCUT2D eigenvalue weighted by molar-refractivity contribution is -0.140. The number of carboxylic acid groups (broad SMARTS) is 1. The summed E-state index contributed by atoms with van der Waals surface area (Å²) in [5.41, 5.74) is 0.0783. The number of hydrogen-bond donors (Lipinski definition) is 2. The predicted molar refractivity (Wildman–Crippen MR) is 72.4 cm³/mol. The van der Waals surface area contributed by atoms with Gasteiger partial charge in [0.2, 0.25) is 0 Å². The zero-order valence-corrected chi connectivity index (χ0v) is 12.2. The number of carbonyl (C=O) groups excluding carboxylic acids is 1. The summed E-state index contributed by atoms with van der Waals surface area (Å²) < 4.78 is 13.3. The van der Waals surface area contributed by atoms with Crippen molar-refractivity contribution in [3.05, 3.63) is 34.1 Å². The van der Waals surface area contributed by atoms with Crippen LogP contribution in [0.4, 0.5) is 4.39 Å². The van der Waals surface area contributed by atoms with E-state index in [2.05, 4.69) is 21.2 Å². The van der Waals surface area contributed by atoms with Crippen LogP contribution in [-0.4, -0.2) is 23.0 Å². The molecule has 0 radical (unpaired) electrons. The van der Waals surface area contributed by atoms with Gasteiger partial charge < -0.3 is 10.4 Å². The van der Waals surface area contributed by atoms with Crippen molar-refractivity contribution in [3.8, 4) is 0 Å². The third-order valence-corrected chi connectivity index (χ3v) is 3.77. The Morgan fingerprint density at radius 1 is 1.47 bits per heavy atom. The highest BCUT2D eigenvalue weighted by Gasteiger charge is 2.26. The minimum Gasteiger partial charge on any atom is -0.480 e. The van der Waals surface area contributed by atoms with E-state index >= 15 is 0 Å². The first-order valence-corrected chi connectivity index (χ1v) is 6.65. The summed E-state index contributed by atoms with van der Waals surface area (Å²) in [6.07, 6.45) is 0.613. The minimum atomic E-state index is -1.10. The van der Waals surface area contributed by atoms with Crippen LogP contribution in [0.5, 0.6) is 0 Å². The first-order chi connectivity index (χ1) is 8.88. The van der Waals surface area contributed by atoms with Crippen molar-refractivity contribution in [2.75, 3.05) is 0 Å². The molecule has 4 nitrogen and oxygen atoms in total. The second kappa shape index (κ2) is 6.65. The number of nitrogens with one attached hydrogen (secondary N) is 1. The van der Waals surface area contributed by atoms with E-state index in [4.69, 9.17) is 5.11 Å². The quantitative estimate of drug-likeness (QED) is 0.871. The standard InChI is InChI=1S/C13H15BrFNO3/c1-3-7(2)11(13(18)19)16-12(17)8-5-4-6-9(15)10(8)14/h4-7,11H,3H2,1-2H3,(H,16,17)(H,18,19)/t7-,11-/m0/s1. The van der Waals surface area contributed by atoms with E-state index in [1.54, 1.807) is 6.92 Å². The molecule has 19 heavy (non-hydrogen) atoms. The summed E-state index contributed by atoms with van der Waals surface area (Å²) >= 11 is 2.98. The molecule has 1 aromatic carbocycles. The zero-order chi connectivity index (χ0) is 14.6. The van der Waals surface area contributed by atoms with Crippen molar-refractivity contribution >= 4 is 27.8 Å². The van der Waals surface area contributed by atoms with Gasteiger partial charge in [-0.1, -0.05) is 26.3 Å². The van der Waals surface area contributed by atoms with Crippen LogP contribution >= 0.6 is 15.9 Å². The molecule has 2 atom stereocenters. The third-order valence-electron chi connectivity index (χ3n) is 2.96. The molecule has 1 amide bonds. The minimum absolute atomic E-state index is 0.0285. The van der Waals surface area contributed by atoms with Crippen molar-refractivity contribution in [2.24, 2.45) is 5.92 Å². The smallest absolute Gasteiger partial charge is 0.326 e. The van der Waals surface area contributed by atoms with Crippen LogP contribution in [0.25, 0.3) is 0 Å². The molecular formula is C13H15BrFNO3. The average molecular weight is 332 g/mol. The lowest BCUT2D eigenvalue weighted by Crippen LogP contribution is -2.45. The molecule has 0 saturated heterocycles. The first kappa shape index (κ1) is 15.6. The van der Waals surface area contributed by atoms with Crippen molar-refractivity contribution < 1.29 is 19.1 Å². The van der Waals surface area contributed by atoms with E-state index in [1.807, 2.05) is 6.92 Å². The van der Waals surface area contributed by atoms with Crippen molar-refractivity contribution in [2.45, 2.75) is 26.3 Å². The second-order valence-electron chi connectivity index (χ2n) is 4.28. The zero-order valence-electron chi connectivity index (χ0n) is 10.6. The molecule has 6 heteroatoms. The summed E-state index contributed by atoms with van der Waals surface area (Å²) in [6, 6.07) is 3.05. The van der Waals surface area contributed by atoms with E-state index in [0.717, 1.165) is 0 Å². The van der Waals surface area contributed by atoms with E-state index < -0.39 is 23.7 Å². The highest BCUT2D eigenvalue weighted by molar-refractivity contribution is 9.10. The van der Waals surface area contributed by atoms with Gasteiger partial charge in [-0.15, -0.1) is 0 Å². The summed E-state index contributed by atoms with van der Waals surface area (Å²) in [6.45, 7) is 3.57. The van der Waals surface area contributed by atoms with E-state index in [1.165, 1.54) is 18.2 Å². The number of amides is 1. The molecule has 0 aliphatic carbocycles. The fraction of sp³-hybridized carbons (Fsp3) is 0.385. The van der Waals surface area contributed by atoms with Crippen LogP contribution in [0.15, 0.2) is 22.7 Å². The van der Waals surface area contributed by atoms with Gasteiger partial charge in [-0.25, -0.2) is 9.18 Å². The van der Waals surface area contributed by atoms with Crippen molar-refractivity contribution in [1.82, 2.24) is 5.32 Å². The largest absolute Gasteiger partial charge is 0.480 e. The molecule has 0 spiro atoms. The van der Waals surface area contributed by atoms with Gasteiger partial charge in [0.1, 0.15) is 11.9 Å². The van der Waals surface area contributed by atoms with Gasteiger partial charge in [0.05, 0.1) is 10.0 Å². The number of hydrogen-bond acceptors (Lipinski definition) is 2. The SMILES string of the molecule is CC[C@H](C)[C@H](NC(=O)c1cccc(F)c1Br)C(=O)O. The maximum absolute atomic E-state index is 13.3. The summed E-state index contributed by atoms with van der Waals surface area (Å²) in [7, 11) is 0. The monoisotopic (exact) mass is 331 g/mol. The van der Waals surface area contributed by atoms with Crippen molar-refractivity contribution in [1.29, 1.82) is 0 Å². The Morgan fingerprint density at radius 3 is 2.63 bits per heavy atom. The maximum Gasteiger partial charge on any atom is 0.326 e.